The molecule has 0 aliphatic carbocycles. The van der Waals surface area contributed by atoms with Crippen LogP contribution in [0, 0.1) is 0 Å². The Balaban J connectivity index is 2.90. The molecule has 0 radical (unpaired) electrons. The van der Waals surface area contributed by atoms with Crippen LogP contribution in [0.4, 0.5) is 5.69 Å². The number of methoxy groups -OCH3 is 2. The summed E-state index contributed by atoms with van der Waals surface area (Å²) >= 11 is 5.95. The Labute approximate surface area is 122 Å². The molecular weight excluding hydrogens is 284 g/mol. The Bertz CT molecular complexity index is 505. The molecule has 110 valence electrons. The number of carbonyl (C=O) groups is 2. The van der Waals surface area contributed by atoms with Crippen molar-refractivity contribution >= 4 is 29.1 Å². The molecule has 0 aromatic heterocycles. The summed E-state index contributed by atoms with van der Waals surface area (Å²) in [6.45, 7) is 2.33. The first-order chi connectivity index (χ1) is 9.53. The van der Waals surface area contributed by atoms with E-state index in [0.717, 1.165) is 6.42 Å². The van der Waals surface area contributed by atoms with Gasteiger partial charge in [0.1, 0.15) is 11.5 Å². The van der Waals surface area contributed by atoms with Crippen molar-refractivity contribution in [3.63, 3.8) is 0 Å². The fourth-order valence-corrected chi connectivity index (χ4v) is 1.69. The molecule has 20 heavy (non-hydrogen) atoms. The van der Waals surface area contributed by atoms with E-state index in [4.69, 9.17) is 21.1 Å². The van der Waals surface area contributed by atoms with E-state index in [0.29, 0.717) is 28.8 Å². The van der Waals surface area contributed by atoms with E-state index in [9.17, 15) is 9.59 Å². The van der Waals surface area contributed by atoms with Crippen molar-refractivity contribution < 1.29 is 19.1 Å². The molecule has 0 atom stereocenters. The van der Waals surface area contributed by atoms with E-state index in [1.54, 1.807) is 0 Å². The lowest BCUT2D eigenvalue weighted by molar-refractivity contribution is -0.136. The summed E-state index contributed by atoms with van der Waals surface area (Å²) in [5.41, 5.74) is 0.311. The van der Waals surface area contributed by atoms with Gasteiger partial charge in [-0.1, -0.05) is 18.5 Å². The molecular formula is C13H17ClN2O4. The number of anilines is 1. The number of ether oxygens (including phenoxy) is 2. The van der Waals surface area contributed by atoms with E-state index >= 15 is 0 Å². The van der Waals surface area contributed by atoms with Crippen molar-refractivity contribution in [3.05, 3.63) is 17.2 Å². The predicted molar refractivity (Wildman–Crippen MR) is 76.5 cm³/mol. The van der Waals surface area contributed by atoms with Gasteiger partial charge in [-0.3, -0.25) is 9.59 Å². The van der Waals surface area contributed by atoms with E-state index in [-0.39, 0.29) is 0 Å². The maximum absolute atomic E-state index is 11.7. The van der Waals surface area contributed by atoms with Crippen molar-refractivity contribution in [2.45, 2.75) is 13.3 Å². The number of hydrogen-bond donors (Lipinski definition) is 2. The summed E-state index contributed by atoms with van der Waals surface area (Å²) in [4.78, 5) is 23.2. The number of carbonyl (C=O) groups excluding carboxylic acids is 2. The van der Waals surface area contributed by atoms with Gasteiger partial charge in [0.25, 0.3) is 0 Å². The lowest BCUT2D eigenvalue weighted by Gasteiger charge is -2.13. The van der Waals surface area contributed by atoms with Crippen molar-refractivity contribution in [2.75, 3.05) is 26.1 Å². The minimum Gasteiger partial charge on any atom is -0.495 e. The van der Waals surface area contributed by atoms with Crippen LogP contribution in [0.3, 0.4) is 0 Å². The molecule has 0 saturated heterocycles. The van der Waals surface area contributed by atoms with Gasteiger partial charge < -0.3 is 20.1 Å². The molecule has 2 amide bonds. The second kappa shape index (κ2) is 7.59. The molecule has 0 unspecified atom stereocenters. The Morgan fingerprint density at radius 3 is 2.35 bits per heavy atom. The van der Waals surface area contributed by atoms with Crippen LogP contribution in [-0.4, -0.2) is 32.6 Å². The van der Waals surface area contributed by atoms with Crippen LogP contribution in [-0.2, 0) is 9.59 Å². The Morgan fingerprint density at radius 1 is 1.15 bits per heavy atom. The molecule has 0 fully saturated rings. The minimum atomic E-state index is -0.777. The third-order valence-electron chi connectivity index (χ3n) is 2.46. The van der Waals surface area contributed by atoms with Gasteiger partial charge in [0.15, 0.2) is 0 Å². The van der Waals surface area contributed by atoms with E-state index < -0.39 is 11.8 Å². The maximum Gasteiger partial charge on any atom is 0.313 e. The molecule has 1 aromatic rings. The molecule has 1 aromatic carbocycles. The van der Waals surface area contributed by atoms with Crippen LogP contribution in [0.15, 0.2) is 12.1 Å². The molecule has 0 heterocycles. The molecule has 0 spiro atoms. The van der Waals surface area contributed by atoms with Gasteiger partial charge in [-0.05, 0) is 6.42 Å². The number of hydrogen-bond acceptors (Lipinski definition) is 4. The van der Waals surface area contributed by atoms with Crippen LogP contribution < -0.4 is 20.1 Å². The number of nitrogens with one attached hydrogen (secondary N) is 2. The second-order valence-corrected chi connectivity index (χ2v) is 4.30. The largest absolute Gasteiger partial charge is 0.495 e. The van der Waals surface area contributed by atoms with Gasteiger partial charge in [0, 0.05) is 18.7 Å². The second-order valence-electron chi connectivity index (χ2n) is 3.90. The number of halogens is 1. The molecule has 0 aliphatic heterocycles. The maximum atomic E-state index is 11.7. The highest BCUT2D eigenvalue weighted by molar-refractivity contribution is 6.40. The topological polar surface area (TPSA) is 76.7 Å². The van der Waals surface area contributed by atoms with Crippen LogP contribution in [0.1, 0.15) is 13.3 Å². The first kappa shape index (κ1) is 16.1. The Morgan fingerprint density at radius 2 is 1.80 bits per heavy atom. The highest BCUT2D eigenvalue weighted by Gasteiger charge is 2.17. The highest BCUT2D eigenvalue weighted by atomic mass is 35.5. The summed E-state index contributed by atoms with van der Waals surface area (Å²) < 4.78 is 10.2. The standard InChI is InChI=1S/C13H17ClN2O4/c1-4-5-15-12(17)13(18)16-9-7-10(19-2)8(14)6-11(9)20-3/h6-7H,4-5H2,1-3H3,(H,15,17)(H,16,18). The average Bonchev–Trinajstić information content (AvgIpc) is 2.45. The lowest BCUT2D eigenvalue weighted by atomic mass is 10.2. The first-order valence-corrected chi connectivity index (χ1v) is 6.42. The normalized spacial score (nSPS) is 9.80. The molecule has 7 heteroatoms. The van der Waals surface area contributed by atoms with Crippen molar-refractivity contribution in [3.8, 4) is 11.5 Å². The lowest BCUT2D eigenvalue weighted by Crippen LogP contribution is -2.35. The summed E-state index contributed by atoms with van der Waals surface area (Å²) in [5.74, 6) is -0.770. The number of benzene rings is 1. The fourth-order valence-electron chi connectivity index (χ4n) is 1.46. The molecule has 0 bridgehead atoms. The quantitative estimate of drug-likeness (QED) is 0.813. The zero-order valence-corrected chi connectivity index (χ0v) is 12.3. The van der Waals surface area contributed by atoms with Crippen molar-refractivity contribution in [2.24, 2.45) is 0 Å². The van der Waals surface area contributed by atoms with Gasteiger partial charge in [-0.15, -0.1) is 0 Å². The summed E-state index contributed by atoms with van der Waals surface area (Å²) in [5, 5.41) is 5.28. The minimum absolute atomic E-state index is 0.311. The first-order valence-electron chi connectivity index (χ1n) is 6.04. The Hall–Kier alpha value is -1.95. The van der Waals surface area contributed by atoms with Gasteiger partial charge in [-0.25, -0.2) is 0 Å². The molecule has 6 nitrogen and oxygen atoms in total. The highest BCUT2D eigenvalue weighted by Crippen LogP contribution is 2.35. The van der Waals surface area contributed by atoms with E-state index in [2.05, 4.69) is 10.6 Å². The third kappa shape index (κ3) is 4.03. The van der Waals surface area contributed by atoms with Crippen LogP contribution >= 0.6 is 11.6 Å². The van der Waals surface area contributed by atoms with Crippen LogP contribution in [0.2, 0.25) is 5.02 Å². The molecule has 0 saturated carbocycles. The van der Waals surface area contributed by atoms with Gasteiger partial charge in [-0.2, -0.15) is 0 Å². The summed E-state index contributed by atoms with van der Waals surface area (Å²) in [7, 11) is 2.89. The van der Waals surface area contributed by atoms with E-state index in [1.165, 1.54) is 26.4 Å². The van der Waals surface area contributed by atoms with Gasteiger partial charge >= 0.3 is 11.8 Å². The summed E-state index contributed by atoms with van der Waals surface area (Å²) in [6.07, 6.45) is 0.747. The van der Waals surface area contributed by atoms with E-state index in [1.807, 2.05) is 6.92 Å². The van der Waals surface area contributed by atoms with Gasteiger partial charge in [0.2, 0.25) is 0 Å². The molecule has 1 rings (SSSR count). The van der Waals surface area contributed by atoms with Crippen molar-refractivity contribution in [1.82, 2.24) is 5.32 Å². The monoisotopic (exact) mass is 300 g/mol. The van der Waals surface area contributed by atoms with Crippen LogP contribution in [0.5, 0.6) is 11.5 Å². The summed E-state index contributed by atoms with van der Waals surface area (Å²) in [6, 6.07) is 2.99. The molecule has 2 N–H and O–H groups in total. The fraction of sp³-hybridized carbons (Fsp3) is 0.385. The van der Waals surface area contributed by atoms with Gasteiger partial charge in [0.05, 0.1) is 24.9 Å². The van der Waals surface area contributed by atoms with Crippen LogP contribution in [0.25, 0.3) is 0 Å². The SMILES string of the molecule is CCCNC(=O)C(=O)Nc1cc(OC)c(Cl)cc1OC. The molecule has 0 aliphatic rings. The third-order valence-corrected chi connectivity index (χ3v) is 2.76. The number of rotatable bonds is 5. The Kier molecular flexibility index (Phi) is 6.11. The zero-order chi connectivity index (χ0) is 15.1. The smallest absolute Gasteiger partial charge is 0.313 e. The predicted octanol–water partition coefficient (Wildman–Crippen LogP) is 1.82. The zero-order valence-electron chi connectivity index (χ0n) is 11.6. The average molecular weight is 301 g/mol. The number of amides is 2. The van der Waals surface area contributed by atoms with Crippen molar-refractivity contribution in [1.29, 1.82) is 0 Å².